The van der Waals surface area contributed by atoms with E-state index in [2.05, 4.69) is 11.8 Å². The van der Waals surface area contributed by atoms with Crippen LogP contribution in [0.4, 0.5) is 4.39 Å². The zero-order chi connectivity index (χ0) is 13.0. The summed E-state index contributed by atoms with van der Waals surface area (Å²) in [5.41, 5.74) is 7.00. The summed E-state index contributed by atoms with van der Waals surface area (Å²) in [6, 6.07) is 7.21. The molecule has 0 radical (unpaired) electrons. The van der Waals surface area contributed by atoms with Crippen LogP contribution in [0.25, 0.3) is 0 Å². The van der Waals surface area contributed by atoms with Gasteiger partial charge in [-0.3, -0.25) is 4.90 Å². The summed E-state index contributed by atoms with van der Waals surface area (Å²) < 4.78 is 18.5. The van der Waals surface area contributed by atoms with Crippen LogP contribution >= 0.6 is 0 Å². The van der Waals surface area contributed by atoms with Gasteiger partial charge < -0.3 is 10.5 Å². The van der Waals surface area contributed by atoms with E-state index in [9.17, 15) is 4.39 Å². The van der Waals surface area contributed by atoms with Crippen molar-refractivity contribution in [1.29, 1.82) is 0 Å². The van der Waals surface area contributed by atoms with Crippen LogP contribution < -0.4 is 5.73 Å². The van der Waals surface area contributed by atoms with Crippen LogP contribution in [0.3, 0.4) is 0 Å². The number of nitrogens with two attached hydrogens (primary N) is 1. The molecular formula is C14H21FN2O. The molecule has 1 heterocycles. The van der Waals surface area contributed by atoms with Crippen LogP contribution in [0.2, 0.25) is 0 Å². The number of benzene rings is 1. The third kappa shape index (κ3) is 2.88. The van der Waals surface area contributed by atoms with Crippen molar-refractivity contribution in [3.63, 3.8) is 0 Å². The number of rotatable bonds is 4. The van der Waals surface area contributed by atoms with Gasteiger partial charge in [-0.1, -0.05) is 19.1 Å². The van der Waals surface area contributed by atoms with Gasteiger partial charge in [0.2, 0.25) is 0 Å². The van der Waals surface area contributed by atoms with E-state index in [0.717, 1.165) is 31.7 Å². The number of hydrogen-bond acceptors (Lipinski definition) is 3. The molecule has 18 heavy (non-hydrogen) atoms. The smallest absolute Gasteiger partial charge is 0.123 e. The number of nitrogens with zero attached hydrogens (tertiary/aromatic N) is 1. The molecule has 0 bridgehead atoms. The van der Waals surface area contributed by atoms with Crippen molar-refractivity contribution < 1.29 is 9.13 Å². The maximum Gasteiger partial charge on any atom is 0.123 e. The fourth-order valence-corrected chi connectivity index (χ4v) is 2.58. The van der Waals surface area contributed by atoms with Gasteiger partial charge in [-0.15, -0.1) is 0 Å². The van der Waals surface area contributed by atoms with E-state index in [-0.39, 0.29) is 11.9 Å². The molecule has 1 aliphatic rings. The average molecular weight is 252 g/mol. The van der Waals surface area contributed by atoms with Gasteiger partial charge in [-0.2, -0.15) is 0 Å². The highest BCUT2D eigenvalue weighted by Crippen LogP contribution is 2.25. The van der Waals surface area contributed by atoms with Crippen LogP contribution in [0.1, 0.15) is 24.9 Å². The highest BCUT2D eigenvalue weighted by Gasteiger charge is 2.28. The second-order valence-corrected chi connectivity index (χ2v) is 4.68. The van der Waals surface area contributed by atoms with Crippen LogP contribution in [-0.2, 0) is 4.74 Å². The van der Waals surface area contributed by atoms with E-state index in [1.807, 2.05) is 12.1 Å². The van der Waals surface area contributed by atoms with Crippen LogP contribution in [0.5, 0.6) is 0 Å². The summed E-state index contributed by atoms with van der Waals surface area (Å²) in [6.45, 7) is 5.09. The highest BCUT2D eigenvalue weighted by molar-refractivity contribution is 5.20. The van der Waals surface area contributed by atoms with Gasteiger partial charge >= 0.3 is 0 Å². The zero-order valence-corrected chi connectivity index (χ0v) is 10.8. The lowest BCUT2D eigenvalue weighted by Crippen LogP contribution is -2.48. The third-order valence-electron chi connectivity index (χ3n) is 3.62. The topological polar surface area (TPSA) is 38.5 Å². The van der Waals surface area contributed by atoms with Crippen molar-refractivity contribution >= 4 is 0 Å². The van der Waals surface area contributed by atoms with Crippen molar-refractivity contribution in [2.24, 2.45) is 5.73 Å². The molecule has 2 unspecified atom stereocenters. The van der Waals surface area contributed by atoms with Crippen molar-refractivity contribution in [1.82, 2.24) is 4.90 Å². The Morgan fingerprint density at radius 3 is 2.78 bits per heavy atom. The lowest BCUT2D eigenvalue weighted by atomic mass is 10.0. The Hall–Kier alpha value is -0.970. The number of halogens is 1. The van der Waals surface area contributed by atoms with E-state index in [0.29, 0.717) is 12.6 Å². The van der Waals surface area contributed by atoms with Gasteiger partial charge in [0, 0.05) is 25.2 Å². The summed E-state index contributed by atoms with van der Waals surface area (Å²) in [5.74, 6) is -0.205. The SMILES string of the molecule is CCC1COCCN1C(CN)c1ccc(F)cc1. The molecule has 2 N–H and O–H groups in total. The number of hydrogen-bond donors (Lipinski definition) is 1. The van der Waals surface area contributed by atoms with Crippen molar-refractivity contribution in [2.45, 2.75) is 25.4 Å². The van der Waals surface area contributed by atoms with Crippen molar-refractivity contribution in [3.05, 3.63) is 35.6 Å². The average Bonchev–Trinajstić information content (AvgIpc) is 2.42. The third-order valence-corrected chi connectivity index (χ3v) is 3.62. The predicted molar refractivity (Wildman–Crippen MR) is 69.8 cm³/mol. The Bertz CT molecular complexity index is 369. The Kier molecular flexibility index (Phi) is 4.69. The predicted octanol–water partition coefficient (Wildman–Crippen LogP) is 1.94. The molecule has 1 saturated heterocycles. The minimum atomic E-state index is -0.205. The first-order valence-corrected chi connectivity index (χ1v) is 6.55. The second-order valence-electron chi connectivity index (χ2n) is 4.68. The molecule has 0 saturated carbocycles. The molecule has 1 fully saturated rings. The molecule has 0 aromatic heterocycles. The summed E-state index contributed by atoms with van der Waals surface area (Å²) in [6.07, 6.45) is 1.04. The van der Waals surface area contributed by atoms with E-state index < -0.39 is 0 Å². The first kappa shape index (κ1) is 13.5. The van der Waals surface area contributed by atoms with Gasteiger partial charge in [0.15, 0.2) is 0 Å². The lowest BCUT2D eigenvalue weighted by molar-refractivity contribution is -0.0291. The molecule has 2 rings (SSSR count). The normalized spacial score (nSPS) is 22.9. The zero-order valence-electron chi connectivity index (χ0n) is 10.8. The molecule has 0 amide bonds. The summed E-state index contributed by atoms with van der Waals surface area (Å²) in [5, 5.41) is 0. The van der Waals surface area contributed by atoms with Gasteiger partial charge in [0.05, 0.1) is 13.2 Å². The Morgan fingerprint density at radius 2 is 2.17 bits per heavy atom. The minimum Gasteiger partial charge on any atom is -0.378 e. The largest absolute Gasteiger partial charge is 0.378 e. The summed E-state index contributed by atoms with van der Waals surface area (Å²) >= 11 is 0. The Balaban J connectivity index is 2.18. The standard InChI is InChI=1S/C14H21FN2O/c1-2-13-10-18-8-7-17(13)14(9-16)11-3-5-12(15)6-4-11/h3-6,13-14H,2,7-10,16H2,1H3. The van der Waals surface area contributed by atoms with Gasteiger partial charge in [-0.25, -0.2) is 4.39 Å². The second kappa shape index (κ2) is 6.27. The van der Waals surface area contributed by atoms with Crippen LogP contribution in [0.15, 0.2) is 24.3 Å². The minimum absolute atomic E-state index is 0.152. The molecule has 4 heteroatoms. The molecule has 1 aromatic rings. The molecule has 1 aliphatic heterocycles. The molecule has 100 valence electrons. The molecule has 3 nitrogen and oxygen atoms in total. The first-order chi connectivity index (χ1) is 8.76. The molecule has 2 atom stereocenters. The quantitative estimate of drug-likeness (QED) is 0.890. The summed E-state index contributed by atoms with van der Waals surface area (Å²) in [7, 11) is 0. The van der Waals surface area contributed by atoms with Crippen molar-refractivity contribution in [2.75, 3.05) is 26.3 Å². The van der Waals surface area contributed by atoms with E-state index in [4.69, 9.17) is 10.5 Å². The fraction of sp³-hybridized carbons (Fsp3) is 0.571. The maximum absolute atomic E-state index is 13.0. The molecule has 0 spiro atoms. The van der Waals surface area contributed by atoms with Crippen LogP contribution in [0, 0.1) is 5.82 Å². The van der Waals surface area contributed by atoms with Crippen LogP contribution in [-0.4, -0.2) is 37.2 Å². The number of morpholine rings is 1. The van der Waals surface area contributed by atoms with E-state index >= 15 is 0 Å². The number of ether oxygens (including phenoxy) is 1. The monoisotopic (exact) mass is 252 g/mol. The molecule has 0 aliphatic carbocycles. The van der Waals surface area contributed by atoms with Gasteiger partial charge in [0.1, 0.15) is 5.82 Å². The Morgan fingerprint density at radius 1 is 1.44 bits per heavy atom. The summed E-state index contributed by atoms with van der Waals surface area (Å²) in [4.78, 5) is 2.39. The first-order valence-electron chi connectivity index (χ1n) is 6.55. The molecule has 1 aromatic carbocycles. The fourth-order valence-electron chi connectivity index (χ4n) is 2.58. The molecular weight excluding hydrogens is 231 g/mol. The highest BCUT2D eigenvalue weighted by atomic mass is 19.1. The lowest BCUT2D eigenvalue weighted by Gasteiger charge is -2.40. The van der Waals surface area contributed by atoms with Gasteiger partial charge in [-0.05, 0) is 24.1 Å². The maximum atomic E-state index is 13.0. The Labute approximate surface area is 108 Å². The van der Waals surface area contributed by atoms with Crippen molar-refractivity contribution in [3.8, 4) is 0 Å². The van der Waals surface area contributed by atoms with E-state index in [1.54, 1.807) is 0 Å². The van der Waals surface area contributed by atoms with Gasteiger partial charge in [0.25, 0.3) is 0 Å². The van der Waals surface area contributed by atoms with E-state index in [1.165, 1.54) is 12.1 Å².